The van der Waals surface area contributed by atoms with Gasteiger partial charge in [0.25, 0.3) is 10.0 Å². The molecule has 0 radical (unpaired) electrons. The zero-order valence-corrected chi connectivity index (χ0v) is 12.7. The van der Waals surface area contributed by atoms with Crippen LogP contribution in [0.25, 0.3) is 0 Å². The van der Waals surface area contributed by atoms with Crippen molar-refractivity contribution >= 4 is 21.4 Å². The van der Waals surface area contributed by atoms with Gasteiger partial charge in [0.1, 0.15) is 10.7 Å². The van der Waals surface area contributed by atoms with Gasteiger partial charge in [-0.05, 0) is 37.6 Å². The minimum atomic E-state index is -3.91. The van der Waals surface area contributed by atoms with Crippen LogP contribution in [0.5, 0.6) is 0 Å². The Balaban J connectivity index is 2.61. The van der Waals surface area contributed by atoms with Crippen LogP contribution in [0.1, 0.15) is 12.5 Å². The van der Waals surface area contributed by atoms with E-state index in [-0.39, 0.29) is 17.1 Å². The third-order valence-electron chi connectivity index (χ3n) is 3.25. The Hall–Kier alpha value is -2.08. The smallest absolute Gasteiger partial charge is 0.266 e. The molecule has 0 aromatic heterocycles. The number of aryl methyl sites for hydroxylation is 1. The Bertz CT molecular complexity index is 760. The quantitative estimate of drug-likeness (QED) is 0.883. The first-order valence-electron chi connectivity index (χ1n) is 6.52. The van der Waals surface area contributed by atoms with Crippen molar-refractivity contribution in [3.63, 3.8) is 0 Å². The fraction of sp³-hybridized carbons (Fsp3) is 0.200. The fourth-order valence-corrected chi connectivity index (χ4v) is 3.84. The van der Waals surface area contributed by atoms with E-state index < -0.39 is 15.8 Å². The van der Waals surface area contributed by atoms with Crippen molar-refractivity contribution in [1.29, 1.82) is 0 Å². The first-order valence-corrected chi connectivity index (χ1v) is 7.96. The molecule has 0 saturated heterocycles. The zero-order chi connectivity index (χ0) is 15.6. The van der Waals surface area contributed by atoms with E-state index in [0.29, 0.717) is 5.69 Å². The monoisotopic (exact) mass is 308 g/mol. The molecule has 112 valence electrons. The molecule has 2 aromatic rings. The molecule has 6 heteroatoms. The van der Waals surface area contributed by atoms with Gasteiger partial charge >= 0.3 is 0 Å². The molecule has 0 heterocycles. The Labute approximate surface area is 124 Å². The Kier molecular flexibility index (Phi) is 4.18. The Morgan fingerprint density at radius 2 is 1.81 bits per heavy atom. The summed E-state index contributed by atoms with van der Waals surface area (Å²) in [6.07, 6.45) is 0. The number of hydrogen-bond acceptors (Lipinski definition) is 3. The highest BCUT2D eigenvalue weighted by Crippen LogP contribution is 2.30. The standard InChI is InChI=1S/C15H17FN2O2S/c1-3-18(13-9-5-4-7-11(13)2)21(19,20)14-10-6-8-12(16)15(14)17/h4-10H,3,17H2,1-2H3. The average Bonchev–Trinajstić information content (AvgIpc) is 2.44. The van der Waals surface area contributed by atoms with Crippen LogP contribution >= 0.6 is 0 Å². The van der Waals surface area contributed by atoms with Crippen molar-refractivity contribution in [2.45, 2.75) is 18.7 Å². The summed E-state index contributed by atoms with van der Waals surface area (Å²) in [7, 11) is -3.91. The van der Waals surface area contributed by atoms with Gasteiger partial charge in [0.05, 0.1) is 11.4 Å². The van der Waals surface area contributed by atoms with E-state index in [2.05, 4.69) is 0 Å². The number of nitrogen functional groups attached to an aromatic ring is 1. The van der Waals surface area contributed by atoms with Gasteiger partial charge in [-0.15, -0.1) is 0 Å². The van der Waals surface area contributed by atoms with E-state index in [0.717, 1.165) is 11.6 Å². The number of nitrogens with two attached hydrogens (primary N) is 1. The second kappa shape index (κ2) is 5.73. The lowest BCUT2D eigenvalue weighted by atomic mass is 10.2. The van der Waals surface area contributed by atoms with Crippen LogP contribution in [0.3, 0.4) is 0 Å². The summed E-state index contributed by atoms with van der Waals surface area (Å²) in [5, 5.41) is 0. The molecule has 0 atom stereocenters. The molecule has 0 aliphatic heterocycles. The van der Waals surface area contributed by atoms with Crippen LogP contribution in [0.2, 0.25) is 0 Å². The lowest BCUT2D eigenvalue weighted by molar-refractivity contribution is 0.588. The van der Waals surface area contributed by atoms with Crippen molar-refractivity contribution in [2.24, 2.45) is 0 Å². The predicted molar refractivity (Wildman–Crippen MR) is 82.2 cm³/mol. The number of rotatable bonds is 4. The summed E-state index contributed by atoms with van der Waals surface area (Å²) < 4.78 is 40.3. The molecular formula is C15H17FN2O2S. The van der Waals surface area contributed by atoms with Gasteiger partial charge in [-0.3, -0.25) is 4.31 Å². The third-order valence-corrected chi connectivity index (χ3v) is 5.20. The van der Waals surface area contributed by atoms with Gasteiger partial charge < -0.3 is 5.73 Å². The SMILES string of the molecule is CCN(c1ccccc1C)S(=O)(=O)c1cccc(F)c1N. The van der Waals surface area contributed by atoms with Gasteiger partial charge in [-0.25, -0.2) is 12.8 Å². The van der Waals surface area contributed by atoms with Crippen molar-refractivity contribution in [2.75, 3.05) is 16.6 Å². The van der Waals surface area contributed by atoms with E-state index in [1.54, 1.807) is 19.1 Å². The molecule has 0 bridgehead atoms. The van der Waals surface area contributed by atoms with E-state index >= 15 is 0 Å². The van der Waals surface area contributed by atoms with Crippen molar-refractivity contribution < 1.29 is 12.8 Å². The molecular weight excluding hydrogens is 291 g/mol. The van der Waals surface area contributed by atoms with Crippen molar-refractivity contribution in [1.82, 2.24) is 0 Å². The van der Waals surface area contributed by atoms with E-state index in [4.69, 9.17) is 5.73 Å². The van der Waals surface area contributed by atoms with Gasteiger partial charge in [-0.1, -0.05) is 24.3 Å². The molecule has 2 rings (SSSR count). The zero-order valence-electron chi connectivity index (χ0n) is 11.9. The Morgan fingerprint density at radius 1 is 1.14 bits per heavy atom. The molecule has 21 heavy (non-hydrogen) atoms. The van der Waals surface area contributed by atoms with Crippen molar-refractivity contribution in [3.8, 4) is 0 Å². The summed E-state index contributed by atoms with van der Waals surface area (Å²) in [4.78, 5) is -0.215. The van der Waals surface area contributed by atoms with E-state index in [9.17, 15) is 12.8 Å². The Morgan fingerprint density at radius 3 is 2.43 bits per heavy atom. The van der Waals surface area contributed by atoms with Crippen LogP contribution in [0.4, 0.5) is 15.8 Å². The third kappa shape index (κ3) is 2.71. The number of anilines is 2. The van der Waals surface area contributed by atoms with Crippen LogP contribution in [-0.4, -0.2) is 15.0 Å². The first kappa shape index (κ1) is 15.3. The molecule has 0 unspecified atom stereocenters. The molecule has 0 saturated carbocycles. The lowest BCUT2D eigenvalue weighted by Crippen LogP contribution is -2.32. The number of halogens is 1. The van der Waals surface area contributed by atoms with Gasteiger partial charge in [0, 0.05) is 6.54 Å². The molecule has 0 aliphatic carbocycles. The van der Waals surface area contributed by atoms with E-state index in [1.165, 1.54) is 16.4 Å². The highest BCUT2D eigenvalue weighted by atomic mass is 32.2. The van der Waals surface area contributed by atoms with Crippen LogP contribution in [0.15, 0.2) is 47.4 Å². The summed E-state index contributed by atoms with van der Waals surface area (Å²) in [5.74, 6) is -0.739. The molecule has 0 amide bonds. The summed E-state index contributed by atoms with van der Waals surface area (Å²) in [6, 6.07) is 10.9. The van der Waals surface area contributed by atoms with Gasteiger partial charge in [0.15, 0.2) is 0 Å². The topological polar surface area (TPSA) is 63.4 Å². The second-order valence-electron chi connectivity index (χ2n) is 4.61. The number of sulfonamides is 1. The number of hydrogen-bond donors (Lipinski definition) is 1. The average molecular weight is 308 g/mol. The minimum Gasteiger partial charge on any atom is -0.395 e. The highest BCUT2D eigenvalue weighted by Gasteiger charge is 2.27. The molecule has 0 spiro atoms. The summed E-state index contributed by atoms with van der Waals surface area (Å²) in [6.45, 7) is 3.77. The van der Waals surface area contributed by atoms with Crippen LogP contribution in [-0.2, 0) is 10.0 Å². The molecule has 2 aromatic carbocycles. The largest absolute Gasteiger partial charge is 0.395 e. The maximum absolute atomic E-state index is 13.6. The predicted octanol–water partition coefficient (Wildman–Crippen LogP) is 2.93. The van der Waals surface area contributed by atoms with Crippen LogP contribution in [0, 0.1) is 12.7 Å². The maximum atomic E-state index is 13.6. The lowest BCUT2D eigenvalue weighted by Gasteiger charge is -2.25. The summed E-state index contributed by atoms with van der Waals surface area (Å²) in [5.41, 5.74) is 6.62. The normalized spacial score (nSPS) is 11.4. The fourth-order valence-electron chi connectivity index (χ4n) is 2.17. The number of benzene rings is 2. The summed E-state index contributed by atoms with van der Waals surface area (Å²) >= 11 is 0. The number of nitrogens with zero attached hydrogens (tertiary/aromatic N) is 1. The van der Waals surface area contributed by atoms with Crippen molar-refractivity contribution in [3.05, 3.63) is 53.8 Å². The molecule has 0 fully saturated rings. The molecule has 2 N–H and O–H groups in total. The first-order chi connectivity index (χ1) is 9.89. The van der Waals surface area contributed by atoms with Gasteiger partial charge in [-0.2, -0.15) is 0 Å². The highest BCUT2D eigenvalue weighted by molar-refractivity contribution is 7.93. The molecule has 4 nitrogen and oxygen atoms in total. The second-order valence-corrected chi connectivity index (χ2v) is 6.44. The van der Waals surface area contributed by atoms with Crippen LogP contribution < -0.4 is 10.0 Å². The molecule has 0 aliphatic rings. The van der Waals surface area contributed by atoms with E-state index in [1.807, 2.05) is 19.1 Å². The minimum absolute atomic E-state index is 0.215. The maximum Gasteiger partial charge on any atom is 0.266 e. The van der Waals surface area contributed by atoms with Gasteiger partial charge in [0.2, 0.25) is 0 Å². The number of para-hydroxylation sites is 2.